The zero-order valence-corrected chi connectivity index (χ0v) is 24.7. The molecule has 212 valence electrons. The van der Waals surface area contributed by atoms with Crippen LogP contribution < -0.4 is 5.32 Å². The van der Waals surface area contributed by atoms with Crippen molar-refractivity contribution in [3.8, 4) is 0 Å². The van der Waals surface area contributed by atoms with Gasteiger partial charge in [0.1, 0.15) is 16.8 Å². The van der Waals surface area contributed by atoms with Crippen LogP contribution in [-0.4, -0.2) is 45.0 Å². The van der Waals surface area contributed by atoms with Gasteiger partial charge in [0.2, 0.25) is 5.71 Å². The number of benzene rings is 3. The maximum absolute atomic E-state index is 12.5. The van der Waals surface area contributed by atoms with Crippen molar-refractivity contribution in [3.63, 3.8) is 0 Å². The van der Waals surface area contributed by atoms with Gasteiger partial charge < -0.3 is 20.0 Å². The number of thioether (sulfide) groups is 1. The van der Waals surface area contributed by atoms with E-state index in [1.54, 1.807) is 32.4 Å². The zero-order chi connectivity index (χ0) is 29.5. The normalized spacial score (nSPS) is 12.8. The minimum absolute atomic E-state index is 0.0946. The first-order valence-corrected chi connectivity index (χ1v) is 14.9. The van der Waals surface area contributed by atoms with Crippen LogP contribution >= 0.6 is 23.1 Å². The van der Waals surface area contributed by atoms with E-state index in [0.717, 1.165) is 28.5 Å². The summed E-state index contributed by atoms with van der Waals surface area (Å²) in [5.41, 5.74) is -0.109. The number of oxime groups is 1. The van der Waals surface area contributed by atoms with Gasteiger partial charge in [-0.05, 0) is 43.7 Å². The Labute approximate surface area is 247 Å². The molecule has 0 spiro atoms. The Morgan fingerprint density at radius 2 is 1.39 bits per heavy atom. The highest BCUT2D eigenvalue weighted by Crippen LogP contribution is 2.40. The number of aromatic nitrogens is 1. The molecule has 0 aliphatic heterocycles. The Hall–Kier alpha value is -4.15. The predicted molar refractivity (Wildman–Crippen MR) is 163 cm³/mol. The largest absolute Gasteiger partial charge is 0.476 e. The highest BCUT2D eigenvalue weighted by Gasteiger charge is 2.37. The highest BCUT2D eigenvalue weighted by molar-refractivity contribution is 7.99. The van der Waals surface area contributed by atoms with Gasteiger partial charge in [-0.2, -0.15) is 0 Å². The van der Waals surface area contributed by atoms with Gasteiger partial charge in [0.05, 0.1) is 0 Å². The van der Waals surface area contributed by atoms with E-state index in [-0.39, 0.29) is 5.69 Å². The summed E-state index contributed by atoms with van der Waals surface area (Å²) >= 11 is 2.29. The number of nitrogens with one attached hydrogen (secondary N) is 1. The maximum Gasteiger partial charge on any atom is 0.361 e. The van der Waals surface area contributed by atoms with Crippen LogP contribution in [0.3, 0.4) is 0 Å². The van der Waals surface area contributed by atoms with Crippen molar-refractivity contribution in [3.05, 3.63) is 119 Å². The lowest BCUT2D eigenvalue weighted by molar-refractivity contribution is -0.162. The summed E-state index contributed by atoms with van der Waals surface area (Å²) in [5.74, 6) is -2.00. The van der Waals surface area contributed by atoms with Crippen LogP contribution in [0.15, 0.2) is 102 Å². The molecule has 1 heterocycles. The lowest BCUT2D eigenvalue weighted by atomic mass is 9.77. The Bertz CT molecular complexity index is 1390. The molecule has 0 bridgehead atoms. The molecule has 0 amide bonds. The van der Waals surface area contributed by atoms with Gasteiger partial charge in [-0.1, -0.05) is 96.2 Å². The maximum atomic E-state index is 12.5. The van der Waals surface area contributed by atoms with Gasteiger partial charge in [0.25, 0.3) is 5.44 Å². The topological polar surface area (TPSA) is 110 Å². The zero-order valence-electron chi connectivity index (χ0n) is 23.1. The molecular weight excluding hydrogens is 558 g/mol. The van der Waals surface area contributed by atoms with Gasteiger partial charge in [-0.15, -0.1) is 23.1 Å². The number of carbonyl (C=O) groups is 2. The molecule has 1 unspecified atom stereocenters. The van der Waals surface area contributed by atoms with E-state index in [1.165, 1.54) is 11.3 Å². The van der Waals surface area contributed by atoms with Crippen LogP contribution in [0.1, 0.15) is 43.2 Å². The summed E-state index contributed by atoms with van der Waals surface area (Å²) in [5, 5.41) is 19.4. The number of anilines is 1. The molecule has 0 radical (unpaired) electrons. The number of carbonyl (C=O) groups excluding carboxylic acids is 1. The molecule has 0 saturated heterocycles. The van der Waals surface area contributed by atoms with Crippen LogP contribution in [-0.2, 0) is 24.7 Å². The molecule has 4 aromatic rings. The Balaban J connectivity index is 1.73. The number of hydrogen-bond acceptors (Lipinski definition) is 9. The number of ether oxygens (including phenoxy) is 1. The Morgan fingerprint density at radius 3 is 1.80 bits per heavy atom. The second-order valence-electron chi connectivity index (χ2n) is 9.96. The van der Waals surface area contributed by atoms with E-state index < -0.39 is 34.2 Å². The molecule has 2 N–H and O–H groups in total. The van der Waals surface area contributed by atoms with Crippen LogP contribution in [0, 0.1) is 0 Å². The van der Waals surface area contributed by atoms with Gasteiger partial charge in [0, 0.05) is 5.38 Å². The molecule has 0 saturated carbocycles. The van der Waals surface area contributed by atoms with E-state index in [4.69, 9.17) is 9.57 Å². The summed E-state index contributed by atoms with van der Waals surface area (Å²) in [6.07, 6.45) is 1.64. The number of rotatable bonds is 11. The summed E-state index contributed by atoms with van der Waals surface area (Å²) in [6, 6.07) is 30.0. The standard InChI is InChI=1S/C31H31N3O5S2/c1-30(2,3)38-27(37)28(40-4)39-34-25(26(35)36)24-20-41-29(32-24)33-31(21-14-8-5-9-15-21,22-16-10-6-11-17-22)23-18-12-7-13-19-23/h5-20,28H,1-4H3,(H,32,33)(H,35,36)/b34-25-. The number of aliphatic carboxylic acids is 1. The first kappa shape index (κ1) is 29.8. The van der Waals surface area contributed by atoms with Crippen LogP contribution in [0.2, 0.25) is 0 Å². The third-order valence-electron chi connectivity index (χ3n) is 5.92. The molecule has 1 aromatic heterocycles. The SMILES string of the molecule is CSC(O/N=C(\C(=O)O)c1csc(NC(c2ccccc2)(c2ccccc2)c2ccccc2)n1)C(=O)OC(C)(C)C. The number of hydrogen-bond donors (Lipinski definition) is 2. The second kappa shape index (κ2) is 13.0. The van der Waals surface area contributed by atoms with E-state index in [2.05, 4.69) is 15.5 Å². The van der Waals surface area contributed by atoms with Crippen molar-refractivity contribution >= 4 is 45.9 Å². The lowest BCUT2D eigenvalue weighted by Crippen LogP contribution is -2.38. The molecule has 0 aliphatic rings. The highest BCUT2D eigenvalue weighted by atomic mass is 32.2. The molecule has 8 nitrogen and oxygen atoms in total. The van der Waals surface area contributed by atoms with Crippen molar-refractivity contribution in [2.75, 3.05) is 11.6 Å². The first-order chi connectivity index (χ1) is 19.6. The summed E-state index contributed by atoms with van der Waals surface area (Å²) < 4.78 is 5.35. The summed E-state index contributed by atoms with van der Waals surface area (Å²) in [7, 11) is 0. The number of carboxylic acids is 1. The van der Waals surface area contributed by atoms with Gasteiger partial charge in [0.15, 0.2) is 5.13 Å². The molecular formula is C31H31N3O5S2. The molecule has 1 atom stereocenters. The van der Waals surface area contributed by atoms with E-state index >= 15 is 0 Å². The van der Waals surface area contributed by atoms with Gasteiger partial charge in [-0.25, -0.2) is 14.6 Å². The Morgan fingerprint density at radius 1 is 0.902 bits per heavy atom. The molecule has 4 rings (SSSR count). The predicted octanol–water partition coefficient (Wildman–Crippen LogP) is 6.38. The third kappa shape index (κ3) is 7.14. The smallest absolute Gasteiger partial charge is 0.361 e. The number of thiazole rings is 1. The van der Waals surface area contributed by atoms with Crippen molar-refractivity contribution in [2.24, 2.45) is 5.16 Å². The molecule has 10 heteroatoms. The lowest BCUT2D eigenvalue weighted by Gasteiger charge is -2.36. The molecule has 3 aromatic carbocycles. The molecule has 0 aliphatic carbocycles. The third-order valence-corrected chi connectivity index (χ3v) is 7.38. The average molecular weight is 590 g/mol. The minimum atomic E-state index is -1.34. The first-order valence-electron chi connectivity index (χ1n) is 12.8. The number of esters is 1. The van der Waals surface area contributed by atoms with Crippen molar-refractivity contribution < 1.29 is 24.3 Å². The summed E-state index contributed by atoms with van der Waals surface area (Å²) in [4.78, 5) is 34.6. The van der Waals surface area contributed by atoms with Gasteiger partial charge in [-0.3, -0.25) is 0 Å². The van der Waals surface area contributed by atoms with E-state index in [9.17, 15) is 14.7 Å². The molecule has 41 heavy (non-hydrogen) atoms. The van der Waals surface area contributed by atoms with E-state index in [0.29, 0.717) is 5.13 Å². The van der Waals surface area contributed by atoms with Crippen LogP contribution in [0.4, 0.5) is 5.13 Å². The summed E-state index contributed by atoms with van der Waals surface area (Å²) in [6.45, 7) is 5.20. The fourth-order valence-corrected chi connectivity index (χ4v) is 5.33. The van der Waals surface area contributed by atoms with Crippen molar-refractivity contribution in [2.45, 2.75) is 37.3 Å². The fourth-order valence-electron chi connectivity index (χ4n) is 4.21. The van der Waals surface area contributed by atoms with E-state index in [1.807, 2.05) is 91.0 Å². The quantitative estimate of drug-likeness (QED) is 0.0682. The minimum Gasteiger partial charge on any atom is -0.476 e. The average Bonchev–Trinajstić information content (AvgIpc) is 3.42. The van der Waals surface area contributed by atoms with Gasteiger partial charge >= 0.3 is 11.9 Å². The monoisotopic (exact) mass is 589 g/mol. The number of nitrogens with zero attached hydrogens (tertiary/aromatic N) is 2. The number of carboxylic acid groups (broad SMARTS) is 1. The molecule has 0 fully saturated rings. The Kier molecular flexibility index (Phi) is 9.46. The van der Waals surface area contributed by atoms with Crippen LogP contribution in [0.5, 0.6) is 0 Å². The van der Waals surface area contributed by atoms with Crippen molar-refractivity contribution in [1.82, 2.24) is 4.98 Å². The van der Waals surface area contributed by atoms with Crippen molar-refractivity contribution in [1.29, 1.82) is 0 Å². The van der Waals surface area contributed by atoms with Crippen LogP contribution in [0.25, 0.3) is 0 Å². The fraction of sp³-hybridized carbons (Fsp3) is 0.226. The second-order valence-corrected chi connectivity index (χ2v) is 11.7.